The van der Waals surface area contributed by atoms with Crippen molar-refractivity contribution in [1.29, 1.82) is 0 Å². The standard InChI is InChI=1S/C22H28N2O/c1-5-7-19(14-23-6-2)18-10-11-21-20(13-18)12-15(3)22(17-8-9-17)24(21)16(4)25/h10-11,13-15,17,22-23H,6,8-9,12H2,1-4H3/b19-14+/t15-,22-/m1/s1. The maximum Gasteiger partial charge on any atom is 0.224 e. The summed E-state index contributed by atoms with van der Waals surface area (Å²) in [7, 11) is 0. The van der Waals surface area contributed by atoms with Crippen molar-refractivity contribution in [3.05, 3.63) is 35.5 Å². The maximum absolute atomic E-state index is 12.4. The number of benzene rings is 1. The van der Waals surface area contributed by atoms with Crippen LogP contribution < -0.4 is 10.2 Å². The highest BCUT2D eigenvalue weighted by Gasteiger charge is 2.43. The fraction of sp³-hybridized carbons (Fsp3) is 0.500. The fourth-order valence-electron chi connectivity index (χ4n) is 4.06. The van der Waals surface area contributed by atoms with Gasteiger partial charge in [-0.2, -0.15) is 0 Å². The number of allylic oxidation sites excluding steroid dienone is 1. The molecule has 25 heavy (non-hydrogen) atoms. The molecule has 1 fully saturated rings. The molecule has 1 aliphatic carbocycles. The van der Waals surface area contributed by atoms with E-state index in [2.05, 4.69) is 54.1 Å². The molecule has 2 atom stereocenters. The summed E-state index contributed by atoms with van der Waals surface area (Å²) in [5.41, 5.74) is 4.48. The summed E-state index contributed by atoms with van der Waals surface area (Å²) in [6, 6.07) is 6.80. The third kappa shape index (κ3) is 3.58. The molecule has 0 unspecified atom stereocenters. The Morgan fingerprint density at radius 3 is 2.76 bits per heavy atom. The monoisotopic (exact) mass is 336 g/mol. The van der Waals surface area contributed by atoms with E-state index in [9.17, 15) is 4.79 Å². The first-order chi connectivity index (χ1) is 12.1. The Labute approximate surface area is 151 Å². The van der Waals surface area contributed by atoms with Crippen LogP contribution in [0.25, 0.3) is 5.57 Å². The molecule has 1 amide bonds. The second-order valence-electron chi connectivity index (χ2n) is 7.23. The van der Waals surface area contributed by atoms with E-state index in [1.807, 2.05) is 13.1 Å². The number of hydrogen-bond donors (Lipinski definition) is 1. The van der Waals surface area contributed by atoms with Crippen molar-refractivity contribution in [1.82, 2.24) is 5.32 Å². The van der Waals surface area contributed by atoms with Crippen molar-refractivity contribution in [2.75, 3.05) is 11.4 Å². The minimum absolute atomic E-state index is 0.161. The molecule has 3 nitrogen and oxygen atoms in total. The lowest BCUT2D eigenvalue weighted by molar-refractivity contribution is -0.117. The molecule has 1 aromatic rings. The molecule has 1 aliphatic heterocycles. The van der Waals surface area contributed by atoms with Crippen molar-refractivity contribution in [2.45, 2.75) is 53.0 Å². The number of hydrogen-bond acceptors (Lipinski definition) is 2. The minimum Gasteiger partial charge on any atom is -0.390 e. The topological polar surface area (TPSA) is 32.3 Å². The van der Waals surface area contributed by atoms with E-state index in [1.165, 1.54) is 18.4 Å². The first-order valence-corrected chi connectivity index (χ1v) is 9.36. The molecule has 0 spiro atoms. The average molecular weight is 336 g/mol. The lowest BCUT2D eigenvalue weighted by atomic mass is 9.83. The molecule has 0 bridgehead atoms. The van der Waals surface area contributed by atoms with Crippen LogP contribution in [-0.2, 0) is 11.2 Å². The van der Waals surface area contributed by atoms with Crippen molar-refractivity contribution in [3.63, 3.8) is 0 Å². The van der Waals surface area contributed by atoms with Crippen molar-refractivity contribution < 1.29 is 4.79 Å². The van der Waals surface area contributed by atoms with Gasteiger partial charge in [-0.25, -0.2) is 0 Å². The average Bonchev–Trinajstić information content (AvgIpc) is 3.41. The zero-order chi connectivity index (χ0) is 18.0. The smallest absolute Gasteiger partial charge is 0.224 e. The molecule has 2 aliphatic rings. The van der Waals surface area contributed by atoms with Gasteiger partial charge < -0.3 is 10.2 Å². The van der Waals surface area contributed by atoms with Crippen LogP contribution >= 0.6 is 0 Å². The minimum atomic E-state index is 0.161. The highest BCUT2D eigenvalue weighted by atomic mass is 16.2. The van der Waals surface area contributed by atoms with Gasteiger partial charge >= 0.3 is 0 Å². The van der Waals surface area contributed by atoms with Gasteiger partial charge in [0.1, 0.15) is 0 Å². The summed E-state index contributed by atoms with van der Waals surface area (Å²) in [6.45, 7) is 8.79. The summed E-state index contributed by atoms with van der Waals surface area (Å²) in [6.07, 6.45) is 5.53. The summed E-state index contributed by atoms with van der Waals surface area (Å²) in [5.74, 6) is 7.53. The number of carbonyl (C=O) groups excluding carboxylic acids is 1. The van der Waals surface area contributed by atoms with E-state index in [1.54, 1.807) is 6.92 Å². The molecule has 132 valence electrons. The van der Waals surface area contributed by atoms with Crippen molar-refractivity contribution in [2.24, 2.45) is 11.8 Å². The molecule has 1 N–H and O–H groups in total. The molecular formula is C22H28N2O. The number of nitrogens with one attached hydrogen (secondary N) is 1. The fourth-order valence-corrected chi connectivity index (χ4v) is 4.06. The maximum atomic E-state index is 12.4. The third-order valence-corrected chi connectivity index (χ3v) is 5.23. The lowest BCUT2D eigenvalue weighted by Crippen LogP contribution is -2.48. The zero-order valence-electron chi connectivity index (χ0n) is 15.7. The number of rotatable bonds is 4. The molecule has 0 aromatic heterocycles. The van der Waals surface area contributed by atoms with Gasteiger partial charge in [0.05, 0.1) is 0 Å². The third-order valence-electron chi connectivity index (χ3n) is 5.23. The van der Waals surface area contributed by atoms with Gasteiger partial charge in [-0.1, -0.05) is 18.9 Å². The molecule has 0 saturated heterocycles. The summed E-state index contributed by atoms with van der Waals surface area (Å²) >= 11 is 0. The van der Waals surface area contributed by atoms with Gasteiger partial charge in [0, 0.05) is 37.0 Å². The second kappa shape index (κ2) is 7.35. The summed E-state index contributed by atoms with van der Waals surface area (Å²) < 4.78 is 0. The molecule has 3 rings (SSSR count). The predicted octanol–water partition coefficient (Wildman–Crippen LogP) is 3.98. The van der Waals surface area contributed by atoms with Crippen LogP contribution in [0.5, 0.6) is 0 Å². The highest BCUT2D eigenvalue weighted by molar-refractivity contribution is 5.94. The summed E-state index contributed by atoms with van der Waals surface area (Å²) in [4.78, 5) is 14.5. The van der Waals surface area contributed by atoms with E-state index in [0.29, 0.717) is 17.9 Å². The van der Waals surface area contributed by atoms with Gasteiger partial charge in [0.2, 0.25) is 5.91 Å². The van der Waals surface area contributed by atoms with Crippen LogP contribution in [0.15, 0.2) is 24.4 Å². The van der Waals surface area contributed by atoms with Gasteiger partial charge in [0.25, 0.3) is 0 Å². The molecule has 1 aromatic carbocycles. The van der Waals surface area contributed by atoms with Gasteiger partial charge in [-0.05, 0) is 68.2 Å². The lowest BCUT2D eigenvalue weighted by Gasteiger charge is -2.41. The zero-order valence-corrected chi connectivity index (χ0v) is 15.7. The van der Waals surface area contributed by atoms with Gasteiger partial charge in [0.15, 0.2) is 0 Å². The molecule has 0 radical (unpaired) electrons. The van der Waals surface area contributed by atoms with E-state index in [4.69, 9.17) is 0 Å². The molecule has 3 heteroatoms. The second-order valence-corrected chi connectivity index (χ2v) is 7.23. The Kier molecular flexibility index (Phi) is 5.18. The van der Waals surface area contributed by atoms with Crippen LogP contribution in [-0.4, -0.2) is 18.5 Å². The van der Waals surface area contributed by atoms with Crippen LogP contribution in [0.4, 0.5) is 5.69 Å². The van der Waals surface area contributed by atoms with Crippen LogP contribution in [0, 0.1) is 23.7 Å². The molecule has 1 heterocycles. The first kappa shape index (κ1) is 17.6. The van der Waals surface area contributed by atoms with Crippen LogP contribution in [0.2, 0.25) is 0 Å². The Morgan fingerprint density at radius 2 is 2.16 bits per heavy atom. The Hall–Kier alpha value is -2.21. The van der Waals surface area contributed by atoms with Gasteiger partial charge in [-0.3, -0.25) is 4.79 Å². The Bertz CT molecular complexity index is 749. The Balaban J connectivity index is 2.00. The van der Waals surface area contributed by atoms with Crippen LogP contribution in [0.1, 0.15) is 51.7 Å². The van der Waals surface area contributed by atoms with Gasteiger partial charge in [-0.15, -0.1) is 5.92 Å². The normalized spacial score (nSPS) is 22.7. The SMILES string of the molecule is CC#C/C(=C\NCC)c1ccc2c(c1)C[C@@H](C)[C@H](C1CC1)N2C(C)=O. The van der Waals surface area contributed by atoms with E-state index in [0.717, 1.165) is 29.8 Å². The quantitative estimate of drug-likeness (QED) is 0.844. The summed E-state index contributed by atoms with van der Waals surface area (Å²) in [5, 5.41) is 3.25. The predicted molar refractivity (Wildman–Crippen MR) is 104 cm³/mol. The first-order valence-electron chi connectivity index (χ1n) is 9.36. The molecular weight excluding hydrogens is 308 g/mol. The molecule has 1 saturated carbocycles. The number of amides is 1. The van der Waals surface area contributed by atoms with E-state index >= 15 is 0 Å². The highest BCUT2D eigenvalue weighted by Crippen LogP contribution is 2.45. The van der Waals surface area contributed by atoms with Crippen molar-refractivity contribution in [3.8, 4) is 11.8 Å². The number of anilines is 1. The van der Waals surface area contributed by atoms with Crippen molar-refractivity contribution >= 4 is 17.2 Å². The number of nitrogens with zero attached hydrogens (tertiary/aromatic N) is 1. The largest absolute Gasteiger partial charge is 0.390 e. The van der Waals surface area contributed by atoms with E-state index < -0.39 is 0 Å². The number of fused-ring (bicyclic) bond motifs is 1. The Morgan fingerprint density at radius 1 is 1.40 bits per heavy atom. The number of carbonyl (C=O) groups is 1. The van der Waals surface area contributed by atoms with E-state index in [-0.39, 0.29) is 5.91 Å². The van der Waals surface area contributed by atoms with Crippen LogP contribution in [0.3, 0.4) is 0 Å².